The Hall–Kier alpha value is -4.88. The van der Waals surface area contributed by atoms with Crippen molar-refractivity contribution in [3.05, 3.63) is 139 Å². The van der Waals surface area contributed by atoms with Crippen molar-refractivity contribution in [2.75, 3.05) is 0 Å². The molecule has 7 aromatic carbocycles. The van der Waals surface area contributed by atoms with Crippen molar-refractivity contribution in [2.24, 2.45) is 11.8 Å². The van der Waals surface area contributed by atoms with Gasteiger partial charge in [-0.1, -0.05) is 91.0 Å². The van der Waals surface area contributed by atoms with E-state index in [4.69, 9.17) is 0 Å². The molecule has 0 N–H and O–H groups in total. The van der Waals surface area contributed by atoms with Crippen molar-refractivity contribution in [3.8, 4) is 16.8 Å². The predicted molar refractivity (Wildman–Crippen MR) is 190 cm³/mol. The van der Waals surface area contributed by atoms with E-state index in [1.807, 2.05) is 0 Å². The molecule has 1 aromatic heterocycles. The van der Waals surface area contributed by atoms with Crippen molar-refractivity contribution in [2.45, 2.75) is 37.5 Å². The van der Waals surface area contributed by atoms with E-state index < -0.39 is 0 Å². The Labute approximate surface area is 262 Å². The smallest absolute Gasteiger partial charge is 0.0544 e. The maximum Gasteiger partial charge on any atom is 0.0544 e. The molecule has 3 aliphatic carbocycles. The first-order valence-corrected chi connectivity index (χ1v) is 16.8. The average molecular weight is 576 g/mol. The van der Waals surface area contributed by atoms with Crippen LogP contribution in [0.2, 0.25) is 0 Å². The van der Waals surface area contributed by atoms with Gasteiger partial charge in [-0.05, 0) is 140 Å². The Kier molecular flexibility index (Phi) is 4.81. The molecule has 8 aromatic rings. The normalized spacial score (nSPS) is 21.9. The van der Waals surface area contributed by atoms with E-state index >= 15 is 0 Å². The van der Waals surface area contributed by atoms with Crippen molar-refractivity contribution < 1.29 is 0 Å². The van der Waals surface area contributed by atoms with Crippen LogP contribution in [0.5, 0.6) is 0 Å². The summed E-state index contributed by atoms with van der Waals surface area (Å²) in [5.74, 6) is 3.31. The van der Waals surface area contributed by atoms with Gasteiger partial charge >= 0.3 is 0 Å². The number of hydrogen-bond acceptors (Lipinski definition) is 0. The molecule has 1 nitrogen and oxygen atoms in total. The van der Waals surface area contributed by atoms with Crippen LogP contribution in [0, 0.1) is 11.8 Å². The van der Waals surface area contributed by atoms with Gasteiger partial charge in [0.05, 0.1) is 11.0 Å². The zero-order chi connectivity index (χ0) is 29.2. The van der Waals surface area contributed by atoms with Gasteiger partial charge in [-0.25, -0.2) is 0 Å². The van der Waals surface area contributed by atoms with E-state index in [9.17, 15) is 0 Å². The fourth-order valence-corrected chi connectivity index (χ4v) is 10.1. The van der Waals surface area contributed by atoms with Gasteiger partial charge in [-0.3, -0.25) is 0 Å². The third-order valence-electron chi connectivity index (χ3n) is 11.9. The Morgan fingerprint density at radius 3 is 1.89 bits per heavy atom. The molecule has 2 saturated carbocycles. The van der Waals surface area contributed by atoms with Gasteiger partial charge in [0.25, 0.3) is 0 Å². The molecule has 214 valence electrons. The highest BCUT2D eigenvalue weighted by Gasteiger charge is 2.47. The fourth-order valence-electron chi connectivity index (χ4n) is 10.1. The summed E-state index contributed by atoms with van der Waals surface area (Å²) in [7, 11) is 0. The second-order valence-electron chi connectivity index (χ2n) is 14.1. The second kappa shape index (κ2) is 8.86. The van der Waals surface area contributed by atoms with E-state index in [0.717, 1.165) is 23.7 Å². The lowest BCUT2D eigenvalue weighted by molar-refractivity contribution is 0.297. The number of nitrogens with zero attached hydrogens (tertiary/aromatic N) is 1. The Balaban J connectivity index is 1.23. The molecular formula is C44H33N. The summed E-state index contributed by atoms with van der Waals surface area (Å²) in [6.07, 6.45) is 5.64. The van der Waals surface area contributed by atoms with Gasteiger partial charge in [0, 0.05) is 16.5 Å². The van der Waals surface area contributed by atoms with Crippen molar-refractivity contribution in [1.82, 2.24) is 4.57 Å². The fraction of sp³-hybridized carbons (Fsp3) is 0.182. The predicted octanol–water partition coefficient (Wildman–Crippen LogP) is 11.9. The summed E-state index contributed by atoms with van der Waals surface area (Å²) in [6.45, 7) is 0. The zero-order valence-corrected chi connectivity index (χ0v) is 25.2. The van der Waals surface area contributed by atoms with Gasteiger partial charge in [0.2, 0.25) is 0 Å². The lowest BCUT2D eigenvalue weighted by atomic mass is 9.69. The van der Waals surface area contributed by atoms with Crippen LogP contribution >= 0.6 is 0 Å². The number of rotatable bonds is 2. The molecule has 0 saturated heterocycles. The van der Waals surface area contributed by atoms with Gasteiger partial charge in [-0.2, -0.15) is 0 Å². The first-order chi connectivity index (χ1) is 22.3. The lowest BCUT2D eigenvalue weighted by Gasteiger charge is -2.36. The largest absolute Gasteiger partial charge is 0.309 e. The quantitative estimate of drug-likeness (QED) is 0.181. The summed E-state index contributed by atoms with van der Waals surface area (Å²) < 4.78 is 2.57. The summed E-state index contributed by atoms with van der Waals surface area (Å²) in [5, 5.41) is 10.7. The molecule has 0 aliphatic heterocycles. The lowest BCUT2D eigenvalue weighted by Crippen LogP contribution is -2.22. The van der Waals surface area contributed by atoms with Gasteiger partial charge in [0.15, 0.2) is 0 Å². The van der Waals surface area contributed by atoms with Crippen molar-refractivity contribution in [1.29, 1.82) is 0 Å². The second-order valence-corrected chi connectivity index (χ2v) is 14.1. The van der Waals surface area contributed by atoms with Crippen LogP contribution in [0.1, 0.15) is 48.6 Å². The molecular weight excluding hydrogens is 542 g/mol. The molecule has 3 bridgehead atoms. The third kappa shape index (κ3) is 3.34. The van der Waals surface area contributed by atoms with Crippen LogP contribution < -0.4 is 0 Å². The summed E-state index contributed by atoms with van der Waals surface area (Å²) >= 11 is 0. The van der Waals surface area contributed by atoms with E-state index in [-0.39, 0.29) is 0 Å². The molecule has 0 spiro atoms. The van der Waals surface area contributed by atoms with Crippen LogP contribution in [-0.2, 0) is 0 Å². The highest BCUT2D eigenvalue weighted by molar-refractivity contribution is 6.25. The molecule has 3 aliphatic rings. The highest BCUT2D eigenvalue weighted by Crippen LogP contribution is 2.61. The molecule has 2 fully saturated rings. The molecule has 1 heterocycles. The van der Waals surface area contributed by atoms with Crippen LogP contribution in [0.15, 0.2) is 127 Å². The van der Waals surface area contributed by atoms with Gasteiger partial charge in [0.1, 0.15) is 0 Å². The standard InChI is InChI=1S/C44H33N/c1-2-8-27(9-3-1)28-14-17-43-41(22-28)42-24-40-37-20-26-18-29(37)21-30(19-26)38(40)25-44(42)45(43)31-15-16-36-34-12-5-4-10-32(34)33-11-6-7-13-35(33)39(36)23-31/h1-17,22-26,29-30,37H,18-21H2. The van der Waals surface area contributed by atoms with Crippen molar-refractivity contribution >= 4 is 54.1 Å². The molecule has 4 atom stereocenters. The summed E-state index contributed by atoms with van der Waals surface area (Å²) in [5.41, 5.74) is 9.79. The van der Waals surface area contributed by atoms with Crippen LogP contribution in [0.4, 0.5) is 0 Å². The summed E-state index contributed by atoms with van der Waals surface area (Å²) in [6, 6.07) is 48.3. The van der Waals surface area contributed by atoms with Gasteiger partial charge in [-0.15, -0.1) is 0 Å². The van der Waals surface area contributed by atoms with E-state index in [1.54, 1.807) is 11.1 Å². The van der Waals surface area contributed by atoms with Crippen LogP contribution in [0.25, 0.3) is 70.9 Å². The molecule has 45 heavy (non-hydrogen) atoms. The van der Waals surface area contributed by atoms with Crippen LogP contribution in [-0.4, -0.2) is 4.57 Å². The van der Waals surface area contributed by atoms with E-state index in [0.29, 0.717) is 0 Å². The Bertz CT molecular complexity index is 2480. The molecule has 0 amide bonds. The maximum absolute atomic E-state index is 2.64. The molecule has 1 heteroatoms. The summed E-state index contributed by atoms with van der Waals surface area (Å²) in [4.78, 5) is 0. The average Bonchev–Trinajstić information content (AvgIpc) is 3.55. The van der Waals surface area contributed by atoms with E-state index in [2.05, 4.69) is 132 Å². The minimum atomic E-state index is 0.727. The maximum atomic E-state index is 2.64. The highest BCUT2D eigenvalue weighted by atomic mass is 15.0. The van der Waals surface area contributed by atoms with Crippen LogP contribution in [0.3, 0.4) is 0 Å². The van der Waals surface area contributed by atoms with E-state index in [1.165, 1.54) is 96.6 Å². The monoisotopic (exact) mass is 575 g/mol. The zero-order valence-electron chi connectivity index (χ0n) is 25.2. The number of benzene rings is 7. The minimum Gasteiger partial charge on any atom is -0.309 e. The molecule has 0 radical (unpaired) electrons. The first kappa shape index (κ1) is 24.4. The first-order valence-electron chi connectivity index (χ1n) is 16.8. The topological polar surface area (TPSA) is 4.93 Å². The molecule has 11 rings (SSSR count). The van der Waals surface area contributed by atoms with Gasteiger partial charge < -0.3 is 4.57 Å². The number of aromatic nitrogens is 1. The minimum absolute atomic E-state index is 0.727. The number of fused-ring (bicyclic) bond motifs is 14. The third-order valence-corrected chi connectivity index (χ3v) is 11.9. The number of hydrogen-bond donors (Lipinski definition) is 0. The molecule has 4 unspecified atom stereocenters. The Morgan fingerprint density at radius 1 is 0.422 bits per heavy atom. The van der Waals surface area contributed by atoms with Crippen molar-refractivity contribution in [3.63, 3.8) is 0 Å². The SMILES string of the molecule is c1ccc(-c2ccc3c(c2)c2cc4c(cc2n3-c2ccc3c5ccccc5c5ccccc5c3c2)C2CC3CC(C2)C4C3)cc1. The Morgan fingerprint density at radius 2 is 1.11 bits per heavy atom.